The fourth-order valence-corrected chi connectivity index (χ4v) is 3.97. The summed E-state index contributed by atoms with van der Waals surface area (Å²) in [5.41, 5.74) is 2.21. The summed E-state index contributed by atoms with van der Waals surface area (Å²) in [5, 5.41) is 6.05. The van der Waals surface area contributed by atoms with E-state index in [1.165, 1.54) is 10.5 Å². The molecule has 0 spiro atoms. The van der Waals surface area contributed by atoms with Crippen molar-refractivity contribution < 1.29 is 4.79 Å². The summed E-state index contributed by atoms with van der Waals surface area (Å²) in [7, 11) is 3.89. The fourth-order valence-electron chi connectivity index (χ4n) is 2.85. The third-order valence-electron chi connectivity index (χ3n) is 3.99. The molecule has 0 saturated heterocycles. The molecule has 1 aromatic carbocycles. The quantitative estimate of drug-likeness (QED) is 0.896. The van der Waals surface area contributed by atoms with Gasteiger partial charge in [-0.05, 0) is 24.1 Å². The average molecular weight is 342 g/mol. The van der Waals surface area contributed by atoms with Crippen molar-refractivity contribution in [3.8, 4) is 0 Å². The topological polar surface area (TPSA) is 57.3 Å². The second-order valence-corrected chi connectivity index (χ2v) is 7.07. The van der Waals surface area contributed by atoms with Crippen LogP contribution in [0.4, 0.5) is 10.6 Å². The van der Waals surface area contributed by atoms with E-state index in [1.807, 2.05) is 55.0 Å². The van der Waals surface area contributed by atoms with Gasteiger partial charge in [-0.15, -0.1) is 11.8 Å². The molecule has 0 bridgehead atoms. The molecule has 3 rings (SSSR count). The number of pyridine rings is 1. The molecular weight excluding hydrogens is 320 g/mol. The van der Waals surface area contributed by atoms with Gasteiger partial charge < -0.3 is 15.5 Å². The first-order chi connectivity index (χ1) is 11.6. The number of amides is 2. The third kappa shape index (κ3) is 3.82. The number of hydrogen-bond donors (Lipinski definition) is 2. The van der Waals surface area contributed by atoms with Crippen molar-refractivity contribution in [2.45, 2.75) is 23.9 Å². The molecule has 5 nitrogen and oxygen atoms in total. The number of carbonyl (C=O) groups is 1. The van der Waals surface area contributed by atoms with E-state index >= 15 is 0 Å². The van der Waals surface area contributed by atoms with Crippen LogP contribution < -0.4 is 15.5 Å². The molecule has 6 heteroatoms. The summed E-state index contributed by atoms with van der Waals surface area (Å²) in [4.78, 5) is 19.9. The van der Waals surface area contributed by atoms with Gasteiger partial charge in [0.1, 0.15) is 5.82 Å². The lowest BCUT2D eigenvalue weighted by Gasteiger charge is -2.26. The Kier molecular flexibility index (Phi) is 5.25. The normalized spacial score (nSPS) is 16.2. The Hall–Kier alpha value is -2.21. The Labute approximate surface area is 146 Å². The van der Waals surface area contributed by atoms with E-state index in [9.17, 15) is 4.79 Å². The number of carbonyl (C=O) groups excluding carboxylic acids is 1. The molecule has 1 atom stereocenters. The number of aromatic nitrogens is 1. The van der Waals surface area contributed by atoms with E-state index in [0.717, 1.165) is 23.6 Å². The summed E-state index contributed by atoms with van der Waals surface area (Å²) >= 11 is 1.85. The van der Waals surface area contributed by atoms with Gasteiger partial charge in [-0.1, -0.05) is 24.3 Å². The van der Waals surface area contributed by atoms with E-state index in [4.69, 9.17) is 0 Å². The third-order valence-corrected chi connectivity index (χ3v) is 5.12. The molecule has 0 saturated carbocycles. The predicted octanol–water partition coefficient (Wildman–Crippen LogP) is 3.18. The standard InChI is InChI=1S/C18H22N4OS/c1-22(2)17-13(6-5-10-19-17)12-20-18(23)21-15-9-11-24-16-8-4-3-7-14(15)16/h3-8,10,15H,9,11-12H2,1-2H3,(H2,20,21,23). The van der Waals surface area contributed by atoms with Crippen LogP contribution in [0.3, 0.4) is 0 Å². The van der Waals surface area contributed by atoms with Crippen molar-refractivity contribution in [2.75, 3.05) is 24.7 Å². The number of nitrogens with one attached hydrogen (secondary N) is 2. The van der Waals surface area contributed by atoms with Crippen LogP contribution >= 0.6 is 11.8 Å². The fraction of sp³-hybridized carbons (Fsp3) is 0.333. The molecule has 24 heavy (non-hydrogen) atoms. The van der Waals surface area contributed by atoms with Crippen LogP contribution in [0.2, 0.25) is 0 Å². The Morgan fingerprint density at radius 3 is 2.96 bits per heavy atom. The number of anilines is 1. The lowest BCUT2D eigenvalue weighted by Crippen LogP contribution is -2.38. The van der Waals surface area contributed by atoms with Crippen LogP contribution in [0.5, 0.6) is 0 Å². The number of thioether (sulfide) groups is 1. The minimum absolute atomic E-state index is 0.0738. The van der Waals surface area contributed by atoms with E-state index in [1.54, 1.807) is 6.20 Å². The molecule has 2 amide bonds. The van der Waals surface area contributed by atoms with Crippen molar-refractivity contribution in [1.29, 1.82) is 0 Å². The van der Waals surface area contributed by atoms with Crippen molar-refractivity contribution in [3.63, 3.8) is 0 Å². The summed E-state index contributed by atoms with van der Waals surface area (Å²) in [6, 6.07) is 12.1. The molecular formula is C18H22N4OS. The Bertz CT molecular complexity index is 720. The number of rotatable bonds is 4. The summed E-state index contributed by atoms with van der Waals surface area (Å²) in [6.07, 6.45) is 2.71. The average Bonchev–Trinajstić information content (AvgIpc) is 2.60. The summed E-state index contributed by atoms with van der Waals surface area (Å²) in [5.74, 6) is 1.90. The minimum atomic E-state index is -0.143. The molecule has 0 aliphatic carbocycles. The number of benzene rings is 1. The molecule has 2 aromatic rings. The first-order valence-electron chi connectivity index (χ1n) is 8.02. The maximum Gasteiger partial charge on any atom is 0.315 e. The Balaban J connectivity index is 1.61. The zero-order valence-corrected chi connectivity index (χ0v) is 14.8. The van der Waals surface area contributed by atoms with Crippen LogP contribution in [0.15, 0.2) is 47.5 Å². The van der Waals surface area contributed by atoms with E-state index in [0.29, 0.717) is 6.54 Å². The van der Waals surface area contributed by atoms with Gasteiger partial charge in [0, 0.05) is 43.0 Å². The first kappa shape index (κ1) is 16.6. The second-order valence-electron chi connectivity index (χ2n) is 5.94. The largest absolute Gasteiger partial charge is 0.362 e. The smallest absolute Gasteiger partial charge is 0.315 e. The van der Waals surface area contributed by atoms with Gasteiger partial charge >= 0.3 is 6.03 Å². The lowest BCUT2D eigenvalue weighted by atomic mass is 10.0. The highest BCUT2D eigenvalue weighted by atomic mass is 32.2. The minimum Gasteiger partial charge on any atom is -0.362 e. The molecule has 1 aromatic heterocycles. The lowest BCUT2D eigenvalue weighted by molar-refractivity contribution is 0.236. The van der Waals surface area contributed by atoms with Crippen LogP contribution in [0.1, 0.15) is 23.6 Å². The zero-order valence-electron chi connectivity index (χ0n) is 14.0. The molecule has 0 radical (unpaired) electrons. The highest BCUT2D eigenvalue weighted by molar-refractivity contribution is 7.99. The number of hydrogen-bond acceptors (Lipinski definition) is 4. The zero-order chi connectivity index (χ0) is 16.9. The van der Waals surface area contributed by atoms with Crippen molar-refractivity contribution in [1.82, 2.24) is 15.6 Å². The molecule has 1 aliphatic rings. The maximum absolute atomic E-state index is 12.3. The molecule has 2 heterocycles. The van der Waals surface area contributed by atoms with E-state index in [2.05, 4.69) is 27.8 Å². The van der Waals surface area contributed by atoms with E-state index in [-0.39, 0.29) is 12.1 Å². The maximum atomic E-state index is 12.3. The van der Waals surface area contributed by atoms with Crippen molar-refractivity contribution in [3.05, 3.63) is 53.7 Å². The number of nitrogens with zero attached hydrogens (tertiary/aromatic N) is 2. The van der Waals surface area contributed by atoms with Crippen molar-refractivity contribution in [2.24, 2.45) is 0 Å². The second kappa shape index (κ2) is 7.57. The van der Waals surface area contributed by atoms with Gasteiger partial charge in [-0.2, -0.15) is 0 Å². The number of urea groups is 1. The van der Waals surface area contributed by atoms with Crippen LogP contribution in [-0.2, 0) is 6.54 Å². The van der Waals surface area contributed by atoms with Crippen LogP contribution in [0.25, 0.3) is 0 Å². The van der Waals surface area contributed by atoms with Crippen molar-refractivity contribution >= 4 is 23.6 Å². The molecule has 1 unspecified atom stereocenters. The van der Waals surface area contributed by atoms with Gasteiger partial charge in [0.15, 0.2) is 0 Å². The van der Waals surface area contributed by atoms with Crippen LogP contribution in [-0.4, -0.2) is 30.9 Å². The van der Waals surface area contributed by atoms with Gasteiger partial charge in [-0.25, -0.2) is 9.78 Å². The SMILES string of the molecule is CN(C)c1ncccc1CNC(=O)NC1CCSc2ccccc21. The summed E-state index contributed by atoms with van der Waals surface area (Å²) in [6.45, 7) is 0.455. The molecule has 2 N–H and O–H groups in total. The predicted molar refractivity (Wildman–Crippen MR) is 98.5 cm³/mol. The van der Waals surface area contributed by atoms with E-state index < -0.39 is 0 Å². The molecule has 1 aliphatic heterocycles. The highest BCUT2D eigenvalue weighted by Crippen LogP contribution is 2.35. The van der Waals surface area contributed by atoms with Gasteiger partial charge in [0.25, 0.3) is 0 Å². The Morgan fingerprint density at radius 2 is 2.12 bits per heavy atom. The molecule has 126 valence electrons. The summed E-state index contributed by atoms with van der Waals surface area (Å²) < 4.78 is 0. The molecule has 0 fully saturated rings. The monoisotopic (exact) mass is 342 g/mol. The van der Waals surface area contributed by atoms with Gasteiger partial charge in [0.2, 0.25) is 0 Å². The highest BCUT2D eigenvalue weighted by Gasteiger charge is 2.21. The first-order valence-corrected chi connectivity index (χ1v) is 9.01. The Morgan fingerprint density at radius 1 is 1.29 bits per heavy atom. The number of fused-ring (bicyclic) bond motifs is 1. The van der Waals surface area contributed by atoms with Gasteiger partial charge in [-0.3, -0.25) is 0 Å². The van der Waals surface area contributed by atoms with Gasteiger partial charge in [0.05, 0.1) is 6.04 Å². The van der Waals surface area contributed by atoms with Crippen LogP contribution in [0, 0.1) is 0 Å².